The monoisotopic (exact) mass is 351 g/mol. The number of esters is 1. The third-order valence-corrected chi connectivity index (χ3v) is 4.75. The second-order valence-electron chi connectivity index (χ2n) is 6.37. The van der Waals surface area contributed by atoms with Crippen LogP contribution in [0, 0.1) is 0 Å². The minimum absolute atomic E-state index is 0.0303. The number of amides is 2. The lowest BCUT2D eigenvalue weighted by Gasteiger charge is -2.14. The molecule has 0 N–H and O–H groups in total. The van der Waals surface area contributed by atoms with Gasteiger partial charge in [0.15, 0.2) is 0 Å². The Bertz CT molecular complexity index is 806. The first-order chi connectivity index (χ1) is 12.5. The lowest BCUT2D eigenvalue weighted by Crippen LogP contribution is -2.33. The van der Waals surface area contributed by atoms with Gasteiger partial charge in [0.05, 0.1) is 23.2 Å². The van der Waals surface area contributed by atoms with Crippen LogP contribution in [-0.4, -0.2) is 35.8 Å². The minimum Gasteiger partial charge on any atom is -0.460 e. The molecule has 2 aromatic carbocycles. The average Bonchev–Trinajstić information content (AvgIpc) is 2.92. The van der Waals surface area contributed by atoms with Gasteiger partial charge in [-0.2, -0.15) is 0 Å². The van der Waals surface area contributed by atoms with Crippen LogP contribution in [0.5, 0.6) is 0 Å². The van der Waals surface area contributed by atoms with E-state index in [1.807, 2.05) is 12.1 Å². The summed E-state index contributed by atoms with van der Waals surface area (Å²) in [6.07, 6.45) is 1.03. The van der Waals surface area contributed by atoms with Crippen molar-refractivity contribution in [3.63, 3.8) is 0 Å². The maximum atomic E-state index is 12.2. The van der Waals surface area contributed by atoms with Crippen LogP contribution in [-0.2, 0) is 4.74 Å². The van der Waals surface area contributed by atoms with Gasteiger partial charge in [-0.3, -0.25) is 14.5 Å². The summed E-state index contributed by atoms with van der Waals surface area (Å²) >= 11 is 0. The molecule has 5 nitrogen and oxygen atoms in total. The van der Waals surface area contributed by atoms with Gasteiger partial charge in [0.25, 0.3) is 11.8 Å². The van der Waals surface area contributed by atoms with Crippen LogP contribution in [0.2, 0.25) is 0 Å². The Morgan fingerprint density at radius 3 is 2.12 bits per heavy atom. The lowest BCUT2D eigenvalue weighted by molar-refractivity contribution is 0.0420. The molecule has 2 aromatic rings. The van der Waals surface area contributed by atoms with Crippen LogP contribution in [0.4, 0.5) is 0 Å². The van der Waals surface area contributed by atoms with Crippen LogP contribution < -0.4 is 0 Å². The highest BCUT2D eigenvalue weighted by Crippen LogP contribution is 2.22. The zero-order valence-electron chi connectivity index (χ0n) is 14.9. The topological polar surface area (TPSA) is 63.7 Å². The largest absolute Gasteiger partial charge is 0.460 e. The molecule has 1 heterocycles. The van der Waals surface area contributed by atoms with E-state index in [0.29, 0.717) is 22.6 Å². The molecule has 0 aliphatic carbocycles. The molecule has 0 fully saturated rings. The number of carbonyl (C=O) groups is 3. The molecule has 3 rings (SSSR count). The summed E-state index contributed by atoms with van der Waals surface area (Å²) in [6, 6.07) is 14.0. The van der Waals surface area contributed by atoms with Crippen molar-refractivity contribution >= 4 is 17.8 Å². The summed E-state index contributed by atoms with van der Waals surface area (Å²) in [4.78, 5) is 37.7. The first-order valence-corrected chi connectivity index (χ1v) is 8.75. The van der Waals surface area contributed by atoms with E-state index in [1.54, 1.807) is 36.4 Å². The van der Waals surface area contributed by atoms with Gasteiger partial charge in [0.2, 0.25) is 0 Å². The van der Waals surface area contributed by atoms with Gasteiger partial charge < -0.3 is 4.74 Å². The molecule has 0 spiro atoms. The quantitative estimate of drug-likeness (QED) is 0.589. The molecule has 0 radical (unpaired) electrons. The molecular weight excluding hydrogens is 330 g/mol. The van der Waals surface area contributed by atoms with Crippen LogP contribution in [0.25, 0.3) is 0 Å². The number of hydrogen-bond donors (Lipinski definition) is 0. The Morgan fingerprint density at radius 2 is 1.58 bits per heavy atom. The van der Waals surface area contributed by atoms with E-state index < -0.39 is 5.97 Å². The van der Waals surface area contributed by atoms with Crippen LogP contribution in [0.15, 0.2) is 48.5 Å². The van der Waals surface area contributed by atoms with Gasteiger partial charge in [-0.15, -0.1) is 0 Å². The highest BCUT2D eigenvalue weighted by atomic mass is 16.5. The SMILES string of the molecule is CCC(C)c1ccc(C(=O)OCCN2C(=O)c3ccccc3C2=O)cc1. The zero-order valence-corrected chi connectivity index (χ0v) is 14.9. The molecule has 1 aliphatic heterocycles. The summed E-state index contributed by atoms with van der Waals surface area (Å²) in [5.41, 5.74) is 2.42. The predicted octanol–water partition coefficient (Wildman–Crippen LogP) is 3.65. The van der Waals surface area contributed by atoms with Crippen molar-refractivity contribution in [1.82, 2.24) is 4.90 Å². The number of imide groups is 1. The van der Waals surface area contributed by atoms with Gasteiger partial charge in [0, 0.05) is 0 Å². The first-order valence-electron chi connectivity index (χ1n) is 8.75. The third-order valence-electron chi connectivity index (χ3n) is 4.75. The molecule has 0 saturated carbocycles. The molecule has 0 saturated heterocycles. The number of carbonyl (C=O) groups excluding carboxylic acids is 3. The van der Waals surface area contributed by atoms with E-state index in [0.717, 1.165) is 11.3 Å². The maximum absolute atomic E-state index is 12.2. The Kier molecular flexibility index (Phi) is 5.16. The highest BCUT2D eigenvalue weighted by Gasteiger charge is 2.34. The van der Waals surface area contributed by atoms with E-state index in [4.69, 9.17) is 4.74 Å². The smallest absolute Gasteiger partial charge is 0.338 e. The molecule has 1 atom stereocenters. The molecule has 1 unspecified atom stereocenters. The van der Waals surface area contributed by atoms with Crippen molar-refractivity contribution in [2.75, 3.05) is 13.2 Å². The molecule has 0 bridgehead atoms. The Morgan fingerprint density at radius 1 is 1.00 bits per heavy atom. The normalized spacial score (nSPS) is 14.3. The summed E-state index contributed by atoms with van der Waals surface area (Å²) in [5, 5.41) is 0. The number of rotatable bonds is 6. The average molecular weight is 351 g/mol. The maximum Gasteiger partial charge on any atom is 0.338 e. The summed E-state index contributed by atoms with van der Waals surface area (Å²) < 4.78 is 5.23. The zero-order chi connectivity index (χ0) is 18.7. The van der Waals surface area contributed by atoms with Gasteiger partial charge in [-0.05, 0) is 42.2 Å². The third kappa shape index (κ3) is 3.38. The Hall–Kier alpha value is -2.95. The van der Waals surface area contributed by atoms with Gasteiger partial charge in [-0.1, -0.05) is 38.1 Å². The summed E-state index contributed by atoms with van der Waals surface area (Å²) in [6.45, 7) is 4.27. The molecule has 134 valence electrons. The number of benzene rings is 2. The lowest BCUT2D eigenvalue weighted by atomic mass is 9.98. The summed E-state index contributed by atoms with van der Waals surface area (Å²) in [7, 11) is 0. The fourth-order valence-electron chi connectivity index (χ4n) is 2.94. The van der Waals surface area contributed by atoms with Crippen molar-refractivity contribution in [2.24, 2.45) is 0 Å². The van der Waals surface area contributed by atoms with Gasteiger partial charge in [-0.25, -0.2) is 4.79 Å². The number of hydrogen-bond acceptors (Lipinski definition) is 4. The molecule has 5 heteroatoms. The first kappa shape index (κ1) is 17.9. The van der Waals surface area contributed by atoms with E-state index in [1.165, 1.54) is 5.56 Å². The highest BCUT2D eigenvalue weighted by molar-refractivity contribution is 6.21. The number of fused-ring (bicyclic) bond motifs is 1. The van der Waals surface area contributed by atoms with Gasteiger partial charge >= 0.3 is 5.97 Å². The number of nitrogens with zero attached hydrogens (tertiary/aromatic N) is 1. The standard InChI is InChI=1S/C21H21NO4/c1-3-14(2)15-8-10-16(11-9-15)21(25)26-13-12-22-19(23)17-6-4-5-7-18(17)20(22)24/h4-11,14H,3,12-13H2,1-2H3. The van der Waals surface area contributed by atoms with Crippen LogP contribution in [0.3, 0.4) is 0 Å². The van der Waals surface area contributed by atoms with E-state index in [9.17, 15) is 14.4 Å². The van der Waals surface area contributed by atoms with Crippen molar-refractivity contribution in [1.29, 1.82) is 0 Å². The Balaban J connectivity index is 1.56. The second kappa shape index (κ2) is 7.52. The molecule has 0 aromatic heterocycles. The van der Waals surface area contributed by atoms with Crippen molar-refractivity contribution in [3.05, 3.63) is 70.8 Å². The fraction of sp³-hybridized carbons (Fsp3) is 0.286. The Labute approximate surface area is 152 Å². The molecule has 2 amide bonds. The minimum atomic E-state index is -0.461. The van der Waals surface area contributed by atoms with Crippen LogP contribution in [0.1, 0.15) is 62.8 Å². The van der Waals surface area contributed by atoms with E-state index in [2.05, 4.69) is 13.8 Å². The molecule has 26 heavy (non-hydrogen) atoms. The van der Waals surface area contributed by atoms with Crippen LogP contribution >= 0.6 is 0 Å². The molecular formula is C21H21NO4. The summed E-state index contributed by atoms with van der Waals surface area (Å²) in [5.74, 6) is -0.717. The van der Waals surface area contributed by atoms with Crippen molar-refractivity contribution in [2.45, 2.75) is 26.2 Å². The van der Waals surface area contributed by atoms with E-state index in [-0.39, 0.29) is 25.0 Å². The second-order valence-corrected chi connectivity index (χ2v) is 6.37. The fourth-order valence-corrected chi connectivity index (χ4v) is 2.94. The van der Waals surface area contributed by atoms with E-state index >= 15 is 0 Å². The number of ether oxygens (including phenoxy) is 1. The predicted molar refractivity (Wildman–Crippen MR) is 97.2 cm³/mol. The van der Waals surface area contributed by atoms with Gasteiger partial charge in [0.1, 0.15) is 6.61 Å². The van der Waals surface area contributed by atoms with Crippen molar-refractivity contribution < 1.29 is 19.1 Å². The molecule has 1 aliphatic rings. The van der Waals surface area contributed by atoms with Crippen molar-refractivity contribution in [3.8, 4) is 0 Å².